The summed E-state index contributed by atoms with van der Waals surface area (Å²) in [5, 5.41) is 17.9. The summed E-state index contributed by atoms with van der Waals surface area (Å²) in [5.74, 6) is 1.27. The van der Waals surface area contributed by atoms with Crippen molar-refractivity contribution in [1.82, 2.24) is 10.2 Å². The lowest BCUT2D eigenvalue weighted by Gasteiger charge is -2.32. The molecule has 3 rings (SSSR count). The standard InChI is InChI=1S/C16H19N3O/c20-12-13-5-4-10-19(11-13)16-9-8-15(17-18-16)14-6-2-1-3-7-14/h1-3,6-9,13,20H,4-5,10-12H2. The summed E-state index contributed by atoms with van der Waals surface area (Å²) in [5.41, 5.74) is 1.98. The molecule has 0 amide bonds. The molecular formula is C16H19N3O. The Bertz CT molecular complexity index is 541. The third-order valence-corrected chi connectivity index (χ3v) is 3.82. The van der Waals surface area contributed by atoms with Crippen LogP contribution in [0.3, 0.4) is 0 Å². The van der Waals surface area contributed by atoms with Gasteiger partial charge in [0.25, 0.3) is 0 Å². The summed E-state index contributed by atoms with van der Waals surface area (Å²) in [6.07, 6.45) is 2.20. The second-order valence-electron chi connectivity index (χ2n) is 5.28. The van der Waals surface area contributed by atoms with Crippen LogP contribution in [0.2, 0.25) is 0 Å². The van der Waals surface area contributed by atoms with Gasteiger partial charge in [0, 0.05) is 25.3 Å². The molecule has 1 aromatic heterocycles. The predicted octanol–water partition coefficient (Wildman–Crippen LogP) is 2.35. The van der Waals surface area contributed by atoms with Crippen molar-refractivity contribution in [2.45, 2.75) is 12.8 Å². The van der Waals surface area contributed by atoms with Crippen molar-refractivity contribution >= 4 is 5.82 Å². The van der Waals surface area contributed by atoms with Crippen molar-refractivity contribution in [1.29, 1.82) is 0 Å². The summed E-state index contributed by atoms with van der Waals surface area (Å²) < 4.78 is 0. The van der Waals surface area contributed by atoms with Crippen molar-refractivity contribution in [3.8, 4) is 11.3 Å². The highest BCUT2D eigenvalue weighted by molar-refractivity contribution is 5.59. The van der Waals surface area contributed by atoms with Crippen molar-refractivity contribution < 1.29 is 5.11 Å². The molecule has 1 aromatic carbocycles. The van der Waals surface area contributed by atoms with E-state index >= 15 is 0 Å². The van der Waals surface area contributed by atoms with Crippen LogP contribution in [-0.4, -0.2) is 35.0 Å². The SMILES string of the molecule is OCC1CCCN(c2ccc(-c3ccccc3)nn2)C1. The molecule has 1 fully saturated rings. The Balaban J connectivity index is 1.76. The predicted molar refractivity (Wildman–Crippen MR) is 79.5 cm³/mol. The minimum atomic E-state index is 0.256. The zero-order valence-electron chi connectivity index (χ0n) is 11.4. The van der Waals surface area contributed by atoms with Crippen LogP contribution in [0.25, 0.3) is 11.3 Å². The highest BCUT2D eigenvalue weighted by Gasteiger charge is 2.20. The van der Waals surface area contributed by atoms with E-state index in [4.69, 9.17) is 0 Å². The Morgan fingerprint density at radius 3 is 2.65 bits per heavy atom. The Morgan fingerprint density at radius 1 is 1.10 bits per heavy atom. The average Bonchev–Trinajstić information content (AvgIpc) is 2.56. The fourth-order valence-electron chi connectivity index (χ4n) is 2.68. The van der Waals surface area contributed by atoms with Gasteiger partial charge in [0.15, 0.2) is 5.82 Å². The van der Waals surface area contributed by atoms with E-state index in [1.165, 1.54) is 0 Å². The van der Waals surface area contributed by atoms with Gasteiger partial charge >= 0.3 is 0 Å². The largest absolute Gasteiger partial charge is 0.396 e. The number of aliphatic hydroxyl groups is 1. The van der Waals surface area contributed by atoms with Gasteiger partial charge < -0.3 is 10.0 Å². The van der Waals surface area contributed by atoms with Gasteiger partial charge in [-0.15, -0.1) is 10.2 Å². The molecule has 0 saturated carbocycles. The molecule has 20 heavy (non-hydrogen) atoms. The maximum Gasteiger partial charge on any atom is 0.151 e. The molecule has 2 aromatic rings. The number of hydrogen-bond donors (Lipinski definition) is 1. The fourth-order valence-corrected chi connectivity index (χ4v) is 2.68. The van der Waals surface area contributed by atoms with E-state index < -0.39 is 0 Å². The summed E-state index contributed by atoms with van der Waals surface area (Å²) in [7, 11) is 0. The van der Waals surface area contributed by atoms with E-state index in [2.05, 4.69) is 15.1 Å². The number of aromatic nitrogens is 2. The molecule has 0 bridgehead atoms. The van der Waals surface area contributed by atoms with Crippen LogP contribution in [0.5, 0.6) is 0 Å². The summed E-state index contributed by atoms with van der Waals surface area (Å²) in [6, 6.07) is 14.1. The van der Waals surface area contributed by atoms with E-state index in [1.807, 2.05) is 42.5 Å². The molecule has 1 unspecified atom stereocenters. The zero-order chi connectivity index (χ0) is 13.8. The lowest BCUT2D eigenvalue weighted by molar-refractivity contribution is 0.208. The number of piperidine rings is 1. The van der Waals surface area contributed by atoms with Crippen LogP contribution in [-0.2, 0) is 0 Å². The van der Waals surface area contributed by atoms with Gasteiger partial charge in [-0.2, -0.15) is 0 Å². The lowest BCUT2D eigenvalue weighted by Crippen LogP contribution is -2.37. The molecule has 2 heterocycles. The normalized spacial score (nSPS) is 19.1. The van der Waals surface area contributed by atoms with Gasteiger partial charge in [-0.05, 0) is 30.9 Å². The second-order valence-corrected chi connectivity index (χ2v) is 5.28. The molecule has 1 saturated heterocycles. The highest BCUT2D eigenvalue weighted by Crippen LogP contribution is 2.22. The van der Waals surface area contributed by atoms with Crippen LogP contribution in [0.4, 0.5) is 5.82 Å². The first-order valence-electron chi connectivity index (χ1n) is 7.12. The van der Waals surface area contributed by atoms with Gasteiger partial charge in [-0.3, -0.25) is 0 Å². The van der Waals surface area contributed by atoms with E-state index in [0.717, 1.165) is 43.0 Å². The topological polar surface area (TPSA) is 49.2 Å². The van der Waals surface area contributed by atoms with Gasteiger partial charge in [0.05, 0.1) is 5.69 Å². The molecule has 0 radical (unpaired) electrons. The number of rotatable bonds is 3. The van der Waals surface area contributed by atoms with Crippen molar-refractivity contribution in [3.05, 3.63) is 42.5 Å². The van der Waals surface area contributed by atoms with Crippen LogP contribution >= 0.6 is 0 Å². The summed E-state index contributed by atoms with van der Waals surface area (Å²) in [6.45, 7) is 2.12. The number of benzene rings is 1. The Morgan fingerprint density at radius 2 is 1.95 bits per heavy atom. The van der Waals surface area contributed by atoms with Crippen molar-refractivity contribution in [2.75, 3.05) is 24.6 Å². The zero-order valence-corrected chi connectivity index (χ0v) is 11.4. The van der Waals surface area contributed by atoms with Gasteiger partial charge in [-0.1, -0.05) is 30.3 Å². The molecule has 4 nitrogen and oxygen atoms in total. The second kappa shape index (κ2) is 6.01. The number of anilines is 1. The molecule has 104 valence electrons. The number of aliphatic hydroxyl groups excluding tert-OH is 1. The summed E-state index contributed by atoms with van der Waals surface area (Å²) >= 11 is 0. The molecule has 0 aliphatic carbocycles. The van der Waals surface area contributed by atoms with Crippen LogP contribution in [0, 0.1) is 5.92 Å². The first kappa shape index (κ1) is 13.1. The van der Waals surface area contributed by atoms with Gasteiger partial charge in [0.1, 0.15) is 0 Å². The third-order valence-electron chi connectivity index (χ3n) is 3.82. The Hall–Kier alpha value is -1.94. The molecule has 1 N–H and O–H groups in total. The summed E-state index contributed by atoms with van der Waals surface area (Å²) in [4.78, 5) is 2.21. The van der Waals surface area contributed by atoms with Crippen LogP contribution in [0.15, 0.2) is 42.5 Å². The van der Waals surface area contributed by atoms with Crippen LogP contribution in [0.1, 0.15) is 12.8 Å². The monoisotopic (exact) mass is 269 g/mol. The van der Waals surface area contributed by atoms with E-state index in [9.17, 15) is 5.11 Å². The first-order chi connectivity index (χ1) is 9.86. The number of hydrogen-bond acceptors (Lipinski definition) is 4. The molecule has 1 aliphatic heterocycles. The average molecular weight is 269 g/mol. The van der Waals surface area contributed by atoms with Gasteiger partial charge in [0.2, 0.25) is 0 Å². The quantitative estimate of drug-likeness (QED) is 0.929. The van der Waals surface area contributed by atoms with E-state index in [1.54, 1.807) is 0 Å². The van der Waals surface area contributed by atoms with Gasteiger partial charge in [-0.25, -0.2) is 0 Å². The highest BCUT2D eigenvalue weighted by atomic mass is 16.3. The maximum absolute atomic E-state index is 9.29. The Labute approximate surface area is 119 Å². The minimum Gasteiger partial charge on any atom is -0.396 e. The number of nitrogens with zero attached hydrogens (tertiary/aromatic N) is 3. The third kappa shape index (κ3) is 2.80. The first-order valence-corrected chi connectivity index (χ1v) is 7.12. The van der Waals surface area contributed by atoms with Crippen molar-refractivity contribution in [3.63, 3.8) is 0 Å². The molecule has 0 spiro atoms. The van der Waals surface area contributed by atoms with E-state index in [0.29, 0.717) is 5.92 Å². The molecule has 1 atom stereocenters. The maximum atomic E-state index is 9.29. The lowest BCUT2D eigenvalue weighted by atomic mass is 9.99. The molecule has 1 aliphatic rings. The minimum absolute atomic E-state index is 0.256. The Kier molecular flexibility index (Phi) is 3.92. The molecule has 4 heteroatoms. The van der Waals surface area contributed by atoms with E-state index in [-0.39, 0.29) is 6.61 Å². The smallest absolute Gasteiger partial charge is 0.151 e. The fraction of sp³-hybridized carbons (Fsp3) is 0.375. The van der Waals surface area contributed by atoms with Crippen molar-refractivity contribution in [2.24, 2.45) is 5.92 Å². The molecular weight excluding hydrogens is 250 g/mol. The van der Waals surface area contributed by atoms with Crippen LogP contribution < -0.4 is 4.90 Å².